The Morgan fingerprint density at radius 1 is 0.720 bits per heavy atom. The van der Waals surface area contributed by atoms with Crippen LogP contribution in [0.2, 0.25) is 15.1 Å². The van der Waals surface area contributed by atoms with Gasteiger partial charge in [-0.1, -0.05) is 62.3 Å². The van der Waals surface area contributed by atoms with E-state index in [4.69, 9.17) is 0 Å². The van der Waals surface area contributed by atoms with Crippen molar-refractivity contribution in [3.8, 4) is 0 Å². The number of hydrogen-bond acceptors (Lipinski definition) is 1. The van der Waals surface area contributed by atoms with Gasteiger partial charge in [-0.15, -0.1) is 6.42 Å². The van der Waals surface area contributed by atoms with E-state index >= 15 is 0 Å². The topological polar surface area (TPSA) is 20.2 Å². The molecule has 1 aliphatic rings. The molecule has 0 aromatic rings. The van der Waals surface area contributed by atoms with Crippen molar-refractivity contribution in [2.45, 2.75) is 83.8 Å². The Balaban J connectivity index is -0.0000000515. The minimum absolute atomic E-state index is 0. The van der Waals surface area contributed by atoms with E-state index in [0.29, 0.717) is 0 Å². The van der Waals surface area contributed by atoms with Crippen molar-refractivity contribution in [1.82, 2.24) is 0 Å². The van der Waals surface area contributed by atoms with Crippen molar-refractivity contribution < 1.29 is 26.5 Å². The normalized spacial score (nSPS) is 12.4. The third kappa shape index (κ3) is 11.6. The summed E-state index contributed by atoms with van der Waals surface area (Å²) >= 11 is 0. The third-order valence-corrected chi connectivity index (χ3v) is 10.4. The molecule has 0 radical (unpaired) electrons. The monoisotopic (exact) mass is 404 g/mol. The van der Waals surface area contributed by atoms with Crippen molar-refractivity contribution in [2.24, 2.45) is 0 Å². The van der Waals surface area contributed by atoms with Gasteiger partial charge < -0.3 is 41.9 Å². The maximum atomic E-state index is 11.2. The SMILES string of the molecule is CC(C)(C)[Si](O)(C(C)(C)C)C(C)(C)C.[C-]1=CC=CC1.[CH3-].[CH3-].[CH3-].[CH3-].[CH3-].[Ti]. The van der Waals surface area contributed by atoms with Crippen molar-refractivity contribution in [3.05, 3.63) is 61.4 Å². The smallest absolute Gasteiger partial charge is 0.204 e. The summed E-state index contributed by atoms with van der Waals surface area (Å²) in [5.41, 5.74) is 0. The van der Waals surface area contributed by atoms with Gasteiger partial charge in [-0.2, -0.15) is 6.08 Å². The van der Waals surface area contributed by atoms with Gasteiger partial charge in [0.15, 0.2) is 0 Å². The first kappa shape index (κ1) is 44.6. The van der Waals surface area contributed by atoms with Crippen LogP contribution in [0.15, 0.2) is 18.2 Å². The molecule has 0 spiro atoms. The van der Waals surface area contributed by atoms with Crippen LogP contribution in [0.25, 0.3) is 0 Å². The Bertz CT molecular complexity index is 292. The molecule has 0 amide bonds. The van der Waals surface area contributed by atoms with Crippen LogP contribution in [0, 0.1) is 43.2 Å². The van der Waals surface area contributed by atoms with E-state index in [-0.39, 0.29) is 74.0 Å². The largest absolute Gasteiger partial charge is 0.430 e. The number of allylic oxidation sites excluding steroid dienone is 4. The molecule has 0 saturated carbocycles. The van der Waals surface area contributed by atoms with Gasteiger partial charge >= 0.3 is 0 Å². The molecular weight excluding hydrogens is 356 g/mol. The molecule has 156 valence electrons. The molecule has 0 aromatic heterocycles. The van der Waals surface area contributed by atoms with Gasteiger partial charge in [0.05, 0.1) is 0 Å². The molecule has 0 fully saturated rings. The maximum Gasteiger partial charge on any atom is 0.204 e. The van der Waals surface area contributed by atoms with Crippen LogP contribution < -0.4 is 0 Å². The molecular formula is C22H48OSiTi-6. The zero-order valence-corrected chi connectivity index (χ0v) is 22.4. The van der Waals surface area contributed by atoms with Gasteiger partial charge in [-0.05, 0) is 15.1 Å². The quantitative estimate of drug-likeness (QED) is 0.321. The molecule has 1 nitrogen and oxygen atoms in total. The van der Waals surface area contributed by atoms with Gasteiger partial charge in [-0.25, -0.2) is 12.2 Å². The molecule has 0 aromatic carbocycles. The third-order valence-electron chi connectivity index (χ3n) is 3.84. The van der Waals surface area contributed by atoms with Crippen LogP contribution in [0.4, 0.5) is 0 Å². The molecule has 0 saturated heterocycles. The van der Waals surface area contributed by atoms with Crippen molar-refractivity contribution in [2.75, 3.05) is 0 Å². The van der Waals surface area contributed by atoms with Crippen LogP contribution in [0.5, 0.6) is 0 Å². The van der Waals surface area contributed by atoms with Crippen molar-refractivity contribution in [3.63, 3.8) is 0 Å². The molecule has 0 heterocycles. The predicted octanol–water partition coefficient (Wildman–Crippen LogP) is 7.88. The molecule has 25 heavy (non-hydrogen) atoms. The zero-order valence-electron chi connectivity index (χ0n) is 19.9. The van der Waals surface area contributed by atoms with Gasteiger partial charge in [-0.3, -0.25) is 6.08 Å². The van der Waals surface area contributed by atoms with Crippen molar-refractivity contribution >= 4 is 8.32 Å². The molecule has 1 N–H and O–H groups in total. The first-order valence-corrected chi connectivity index (χ1v) is 9.14. The zero-order chi connectivity index (χ0) is 15.5. The fourth-order valence-electron chi connectivity index (χ4n) is 3.72. The minimum Gasteiger partial charge on any atom is -0.430 e. The second-order valence-electron chi connectivity index (χ2n) is 8.46. The molecule has 0 bridgehead atoms. The van der Waals surface area contributed by atoms with Gasteiger partial charge in [0.1, 0.15) is 0 Å². The average molecular weight is 405 g/mol. The van der Waals surface area contributed by atoms with E-state index in [2.05, 4.69) is 74.5 Å². The van der Waals surface area contributed by atoms with Crippen LogP contribution in [-0.2, 0) is 21.7 Å². The Morgan fingerprint density at radius 3 is 1.04 bits per heavy atom. The van der Waals surface area contributed by atoms with Crippen LogP contribution in [0.3, 0.4) is 0 Å². The van der Waals surface area contributed by atoms with Crippen LogP contribution >= 0.6 is 0 Å². The Labute approximate surface area is 179 Å². The first-order chi connectivity index (χ1) is 8.25. The fourth-order valence-corrected chi connectivity index (χ4v) is 10.5. The van der Waals surface area contributed by atoms with Gasteiger partial charge in [0, 0.05) is 21.7 Å². The summed E-state index contributed by atoms with van der Waals surface area (Å²) in [5.74, 6) is 0. The van der Waals surface area contributed by atoms with E-state index in [1.165, 1.54) is 0 Å². The maximum absolute atomic E-state index is 11.2. The number of rotatable bonds is 0. The summed E-state index contributed by atoms with van der Waals surface area (Å²) in [6.45, 7) is 19.6. The second kappa shape index (κ2) is 15.4. The minimum atomic E-state index is -2.35. The average Bonchev–Trinajstić information content (AvgIpc) is 2.68. The summed E-state index contributed by atoms with van der Waals surface area (Å²) < 4.78 is 0. The molecule has 3 heteroatoms. The molecule has 1 aliphatic carbocycles. The van der Waals surface area contributed by atoms with E-state index in [0.717, 1.165) is 6.42 Å². The Hall–Kier alpha value is 0.371. The molecule has 0 aliphatic heterocycles. The van der Waals surface area contributed by atoms with Crippen LogP contribution in [-0.4, -0.2) is 13.1 Å². The van der Waals surface area contributed by atoms with Gasteiger partial charge in [0.25, 0.3) is 0 Å². The van der Waals surface area contributed by atoms with E-state index < -0.39 is 8.32 Å². The van der Waals surface area contributed by atoms with Gasteiger partial charge in [0.2, 0.25) is 8.32 Å². The summed E-state index contributed by atoms with van der Waals surface area (Å²) in [5, 5.41) is 0.0521. The summed E-state index contributed by atoms with van der Waals surface area (Å²) in [6, 6.07) is 0. The Kier molecular flexibility index (Phi) is 27.6. The van der Waals surface area contributed by atoms with Crippen LogP contribution in [0.1, 0.15) is 68.7 Å². The molecule has 0 atom stereocenters. The summed E-state index contributed by atoms with van der Waals surface area (Å²) in [6.07, 6.45) is 10.0. The second-order valence-corrected chi connectivity index (χ2v) is 14.4. The molecule has 1 rings (SSSR count). The van der Waals surface area contributed by atoms with E-state index in [1.54, 1.807) is 0 Å². The predicted molar refractivity (Wildman–Crippen MR) is 121 cm³/mol. The van der Waals surface area contributed by atoms with E-state index in [9.17, 15) is 4.80 Å². The Morgan fingerprint density at radius 2 is 1.00 bits per heavy atom. The summed E-state index contributed by atoms with van der Waals surface area (Å²) in [4.78, 5) is 11.2. The van der Waals surface area contributed by atoms with E-state index in [1.807, 2.05) is 12.2 Å². The number of hydrogen-bond donors (Lipinski definition) is 1. The molecule has 0 unspecified atom stereocenters. The standard InChI is InChI=1S/C12H28OSi.C5H5.5CH3.Ti/c1-10(2,3)14(13,11(4,5)6)12(7,8)9;1-2-4-5-3-1;;;;;;/h13H,1-9H3;1-3H,4H2;5*1H3;/q;6*-1;. The fraction of sp³-hybridized carbons (Fsp3) is 0.591. The summed E-state index contributed by atoms with van der Waals surface area (Å²) in [7, 11) is -2.35. The first-order valence-electron chi connectivity index (χ1n) is 7.19. The van der Waals surface area contributed by atoms with Crippen molar-refractivity contribution in [1.29, 1.82) is 0 Å².